The van der Waals surface area contributed by atoms with Crippen LogP contribution in [-0.4, -0.2) is 21.7 Å². The first-order valence-electron chi connectivity index (χ1n) is 9.57. The molecule has 29 heavy (non-hydrogen) atoms. The van der Waals surface area contributed by atoms with Gasteiger partial charge in [-0.3, -0.25) is 4.40 Å². The van der Waals surface area contributed by atoms with Gasteiger partial charge in [0.1, 0.15) is 23.7 Å². The van der Waals surface area contributed by atoms with Crippen LogP contribution in [0.25, 0.3) is 16.8 Å². The number of fused-ring (bicyclic) bond motifs is 1. The van der Waals surface area contributed by atoms with E-state index in [0.717, 1.165) is 22.6 Å². The maximum absolute atomic E-state index is 14.2. The number of methoxy groups -OCH3 is 1. The minimum Gasteiger partial charge on any atom is -0.496 e. The first-order chi connectivity index (χ1) is 14.1. The van der Waals surface area contributed by atoms with Crippen LogP contribution in [0.3, 0.4) is 0 Å². The second kappa shape index (κ2) is 7.91. The number of aromatic nitrogens is 3. The monoisotopic (exact) mass is 390 g/mol. The van der Waals surface area contributed by atoms with E-state index >= 15 is 0 Å². The fourth-order valence-corrected chi connectivity index (χ4v) is 3.59. The Morgan fingerprint density at radius 2 is 1.86 bits per heavy atom. The number of benzene rings is 2. The first kappa shape index (κ1) is 18.9. The minimum atomic E-state index is -0.306. The topological polar surface area (TPSA) is 51.5 Å². The molecule has 0 saturated carbocycles. The summed E-state index contributed by atoms with van der Waals surface area (Å²) in [6, 6.07) is 17.2. The molecule has 0 bridgehead atoms. The molecule has 0 amide bonds. The largest absolute Gasteiger partial charge is 0.496 e. The van der Waals surface area contributed by atoms with Gasteiger partial charge in [0.15, 0.2) is 5.65 Å². The molecule has 4 aromatic rings. The highest BCUT2D eigenvalue weighted by atomic mass is 19.1. The number of halogens is 1. The van der Waals surface area contributed by atoms with Gasteiger partial charge in [-0.1, -0.05) is 44.2 Å². The van der Waals surface area contributed by atoms with Crippen molar-refractivity contribution in [1.82, 2.24) is 14.6 Å². The Balaban J connectivity index is 1.72. The van der Waals surface area contributed by atoms with Crippen molar-refractivity contribution in [3.63, 3.8) is 0 Å². The Hall–Kier alpha value is -3.41. The molecule has 148 valence electrons. The number of nitrogens with one attached hydrogen (secondary N) is 1. The summed E-state index contributed by atoms with van der Waals surface area (Å²) in [5.41, 5.74) is 4.65. The molecule has 0 fully saturated rings. The van der Waals surface area contributed by atoms with Crippen LogP contribution >= 0.6 is 0 Å². The van der Waals surface area contributed by atoms with Gasteiger partial charge in [0.05, 0.1) is 7.11 Å². The number of hydrogen-bond donors (Lipinski definition) is 1. The minimum absolute atomic E-state index is 0.283. The van der Waals surface area contributed by atoms with E-state index < -0.39 is 0 Å². The molecule has 0 atom stereocenters. The summed E-state index contributed by atoms with van der Waals surface area (Å²) in [4.78, 5) is 0. The maximum Gasteiger partial charge on any atom is 0.170 e. The standard InChI is InChI=1S/C23H23FN4O/c1-15(2)16-7-4-5-8-17(16)18-11-12-22(28-14-26-27-23(18)28)25-13-19-20(24)9-6-10-21(19)29-3/h4-12,14-15,25H,13H2,1-3H3. The van der Waals surface area contributed by atoms with Gasteiger partial charge in [-0.25, -0.2) is 4.39 Å². The number of rotatable bonds is 6. The Morgan fingerprint density at radius 3 is 2.66 bits per heavy atom. The predicted molar refractivity (Wildman–Crippen MR) is 113 cm³/mol. The number of nitrogens with zero attached hydrogens (tertiary/aromatic N) is 3. The van der Waals surface area contributed by atoms with Crippen molar-refractivity contribution in [2.24, 2.45) is 0 Å². The molecule has 0 spiro atoms. The van der Waals surface area contributed by atoms with Crippen molar-refractivity contribution >= 4 is 11.5 Å². The fourth-order valence-electron chi connectivity index (χ4n) is 3.59. The van der Waals surface area contributed by atoms with E-state index in [1.165, 1.54) is 18.7 Å². The summed E-state index contributed by atoms with van der Waals surface area (Å²) >= 11 is 0. The molecule has 0 aliphatic carbocycles. The molecule has 2 heterocycles. The summed E-state index contributed by atoms with van der Waals surface area (Å²) in [5.74, 6) is 1.38. The predicted octanol–water partition coefficient (Wildman–Crippen LogP) is 5.28. The quantitative estimate of drug-likeness (QED) is 0.487. The Bertz CT molecular complexity index is 1150. The normalized spacial score (nSPS) is 11.2. The molecule has 6 heteroatoms. The van der Waals surface area contributed by atoms with Crippen LogP contribution in [0, 0.1) is 5.82 Å². The molecular weight excluding hydrogens is 367 g/mol. The molecule has 4 rings (SSSR count). The van der Waals surface area contributed by atoms with Crippen LogP contribution in [0.4, 0.5) is 10.2 Å². The van der Waals surface area contributed by atoms with E-state index in [2.05, 4.69) is 47.6 Å². The Morgan fingerprint density at radius 1 is 1.03 bits per heavy atom. The lowest BCUT2D eigenvalue weighted by molar-refractivity contribution is 0.405. The maximum atomic E-state index is 14.2. The zero-order valence-electron chi connectivity index (χ0n) is 16.7. The Labute approximate surface area is 169 Å². The highest BCUT2D eigenvalue weighted by Gasteiger charge is 2.15. The van der Waals surface area contributed by atoms with Gasteiger partial charge in [0.2, 0.25) is 0 Å². The van der Waals surface area contributed by atoms with E-state index in [1.807, 2.05) is 22.6 Å². The van der Waals surface area contributed by atoms with E-state index in [-0.39, 0.29) is 12.4 Å². The smallest absolute Gasteiger partial charge is 0.170 e. The lowest BCUT2D eigenvalue weighted by atomic mass is 9.93. The lowest BCUT2D eigenvalue weighted by Gasteiger charge is -2.16. The number of ether oxygens (including phenoxy) is 1. The summed E-state index contributed by atoms with van der Waals surface area (Å²) in [6.45, 7) is 4.64. The SMILES string of the molecule is COc1cccc(F)c1CNc1ccc(-c2ccccc2C(C)C)c2nncn12. The van der Waals surface area contributed by atoms with Gasteiger partial charge in [0, 0.05) is 17.7 Å². The molecule has 0 radical (unpaired) electrons. The Kier molecular flexibility index (Phi) is 5.16. The number of pyridine rings is 1. The molecule has 0 aliphatic rings. The van der Waals surface area contributed by atoms with Crippen LogP contribution < -0.4 is 10.1 Å². The van der Waals surface area contributed by atoms with Gasteiger partial charge in [-0.2, -0.15) is 0 Å². The first-order valence-corrected chi connectivity index (χ1v) is 9.57. The van der Waals surface area contributed by atoms with Crippen LogP contribution in [-0.2, 0) is 6.54 Å². The van der Waals surface area contributed by atoms with Crippen molar-refractivity contribution in [2.75, 3.05) is 12.4 Å². The highest BCUT2D eigenvalue weighted by Crippen LogP contribution is 2.32. The van der Waals surface area contributed by atoms with Crippen molar-refractivity contribution in [2.45, 2.75) is 26.3 Å². The zero-order chi connectivity index (χ0) is 20.4. The van der Waals surface area contributed by atoms with Gasteiger partial charge in [-0.15, -0.1) is 10.2 Å². The van der Waals surface area contributed by atoms with Gasteiger partial charge in [-0.05, 0) is 41.3 Å². The fraction of sp³-hybridized carbons (Fsp3) is 0.217. The summed E-state index contributed by atoms with van der Waals surface area (Å²) < 4.78 is 21.4. The van der Waals surface area contributed by atoms with Gasteiger partial charge < -0.3 is 10.1 Å². The van der Waals surface area contributed by atoms with E-state index in [4.69, 9.17) is 4.74 Å². The molecule has 2 aromatic heterocycles. The van der Waals surface area contributed by atoms with E-state index in [0.29, 0.717) is 17.2 Å². The molecule has 0 unspecified atom stereocenters. The lowest BCUT2D eigenvalue weighted by Crippen LogP contribution is -2.07. The second-order valence-corrected chi connectivity index (χ2v) is 7.17. The third-order valence-electron chi connectivity index (χ3n) is 5.07. The summed E-state index contributed by atoms with van der Waals surface area (Å²) in [5, 5.41) is 11.7. The van der Waals surface area contributed by atoms with Crippen LogP contribution in [0.5, 0.6) is 5.75 Å². The number of anilines is 1. The zero-order valence-corrected chi connectivity index (χ0v) is 16.7. The summed E-state index contributed by atoms with van der Waals surface area (Å²) in [7, 11) is 1.54. The van der Waals surface area contributed by atoms with Gasteiger partial charge >= 0.3 is 0 Å². The third kappa shape index (κ3) is 3.53. The molecule has 2 aromatic carbocycles. The average molecular weight is 390 g/mol. The molecule has 0 saturated heterocycles. The second-order valence-electron chi connectivity index (χ2n) is 7.17. The van der Waals surface area contributed by atoms with Crippen LogP contribution in [0.2, 0.25) is 0 Å². The van der Waals surface area contributed by atoms with Crippen LogP contribution in [0.1, 0.15) is 30.9 Å². The summed E-state index contributed by atoms with van der Waals surface area (Å²) in [6.07, 6.45) is 1.66. The van der Waals surface area contributed by atoms with Crippen molar-refractivity contribution in [3.8, 4) is 16.9 Å². The van der Waals surface area contributed by atoms with Crippen molar-refractivity contribution in [3.05, 3.63) is 77.9 Å². The number of hydrogen-bond acceptors (Lipinski definition) is 4. The van der Waals surface area contributed by atoms with Crippen LogP contribution in [0.15, 0.2) is 60.9 Å². The average Bonchev–Trinajstić information content (AvgIpc) is 3.22. The van der Waals surface area contributed by atoms with E-state index in [1.54, 1.807) is 18.5 Å². The molecule has 5 nitrogen and oxygen atoms in total. The molecular formula is C23H23FN4O. The van der Waals surface area contributed by atoms with E-state index in [9.17, 15) is 4.39 Å². The molecule has 1 N–H and O–H groups in total. The molecule has 0 aliphatic heterocycles. The van der Waals surface area contributed by atoms with Gasteiger partial charge in [0.25, 0.3) is 0 Å². The van der Waals surface area contributed by atoms with Crippen molar-refractivity contribution in [1.29, 1.82) is 0 Å². The third-order valence-corrected chi connectivity index (χ3v) is 5.07. The van der Waals surface area contributed by atoms with Crippen molar-refractivity contribution < 1.29 is 9.13 Å². The highest BCUT2D eigenvalue weighted by molar-refractivity contribution is 5.81.